The highest BCUT2D eigenvalue weighted by molar-refractivity contribution is 5.29. The molecule has 2 aliphatic heterocycles. The molecule has 2 aromatic heterocycles. The highest BCUT2D eigenvalue weighted by atomic mass is 16.5. The number of ether oxygens (including phenoxy) is 2. The van der Waals surface area contributed by atoms with E-state index in [-0.39, 0.29) is 5.60 Å². The molecule has 0 aliphatic carbocycles. The van der Waals surface area contributed by atoms with Crippen LogP contribution in [0.5, 0.6) is 0 Å². The Balaban J connectivity index is 1.34. The summed E-state index contributed by atoms with van der Waals surface area (Å²) in [7, 11) is 0. The molecule has 0 bridgehead atoms. The molecule has 26 heavy (non-hydrogen) atoms. The molecule has 0 saturated carbocycles. The van der Waals surface area contributed by atoms with Crippen LogP contribution in [0.4, 0.5) is 5.82 Å². The highest BCUT2D eigenvalue weighted by Gasteiger charge is 2.43. The predicted molar refractivity (Wildman–Crippen MR) is 97.6 cm³/mol. The van der Waals surface area contributed by atoms with Crippen LogP contribution < -0.4 is 5.32 Å². The minimum Gasteiger partial charge on any atom is -0.377 e. The second kappa shape index (κ2) is 8.07. The molecule has 1 spiro atoms. The number of pyridine rings is 1. The van der Waals surface area contributed by atoms with E-state index in [1.165, 1.54) is 0 Å². The fourth-order valence-electron chi connectivity index (χ4n) is 3.76. The first kappa shape index (κ1) is 17.3. The van der Waals surface area contributed by atoms with Gasteiger partial charge < -0.3 is 14.8 Å². The maximum atomic E-state index is 6.27. The zero-order valence-corrected chi connectivity index (χ0v) is 14.9. The van der Waals surface area contributed by atoms with E-state index in [1.54, 1.807) is 18.6 Å². The molecular formula is C19H25N5O2. The Hall–Kier alpha value is -2.09. The van der Waals surface area contributed by atoms with Gasteiger partial charge in [-0.25, -0.2) is 4.98 Å². The lowest BCUT2D eigenvalue weighted by molar-refractivity contribution is -0.0563. The number of rotatable bonds is 5. The standard InChI is InChI=1S/C19H25N5O2/c1-2-4-21-17(3-1)12-24-7-8-25-15-19(14-24)9-16(13-26-19)10-23-18-11-20-5-6-22-18/h1-6,11,16H,7-10,12-15H2,(H,22,23)/t16-,19+/m1/s1. The van der Waals surface area contributed by atoms with Gasteiger partial charge in [0.25, 0.3) is 0 Å². The van der Waals surface area contributed by atoms with Crippen LogP contribution in [0.25, 0.3) is 0 Å². The summed E-state index contributed by atoms with van der Waals surface area (Å²) in [5, 5.41) is 3.36. The molecule has 4 heterocycles. The van der Waals surface area contributed by atoms with Crippen molar-refractivity contribution in [1.29, 1.82) is 0 Å². The molecule has 7 heteroatoms. The van der Waals surface area contributed by atoms with Gasteiger partial charge in [-0.15, -0.1) is 0 Å². The van der Waals surface area contributed by atoms with Crippen molar-refractivity contribution in [2.75, 3.05) is 44.8 Å². The summed E-state index contributed by atoms with van der Waals surface area (Å²) < 4.78 is 12.1. The Kier molecular flexibility index (Phi) is 5.38. The first-order chi connectivity index (χ1) is 12.8. The molecule has 2 aromatic rings. The monoisotopic (exact) mass is 355 g/mol. The normalized spacial score (nSPS) is 26.7. The SMILES string of the molecule is c1ccc(CN2CCOC[C@]3(C[C@H](CNc4cnccn4)CO3)C2)nc1. The van der Waals surface area contributed by atoms with Crippen LogP contribution in [0.15, 0.2) is 43.0 Å². The molecular weight excluding hydrogens is 330 g/mol. The maximum absolute atomic E-state index is 6.27. The summed E-state index contributed by atoms with van der Waals surface area (Å²) in [5.41, 5.74) is 0.864. The van der Waals surface area contributed by atoms with Crippen LogP contribution in [0, 0.1) is 5.92 Å². The van der Waals surface area contributed by atoms with Gasteiger partial charge >= 0.3 is 0 Å². The number of aromatic nitrogens is 3. The zero-order valence-electron chi connectivity index (χ0n) is 14.9. The lowest BCUT2D eigenvalue weighted by Gasteiger charge is -2.31. The summed E-state index contributed by atoms with van der Waals surface area (Å²) in [4.78, 5) is 15.2. The van der Waals surface area contributed by atoms with E-state index in [0.717, 1.165) is 57.3 Å². The third-order valence-electron chi connectivity index (χ3n) is 4.96. The second-order valence-corrected chi connectivity index (χ2v) is 7.12. The third kappa shape index (κ3) is 4.35. The summed E-state index contributed by atoms with van der Waals surface area (Å²) in [5.74, 6) is 1.25. The van der Waals surface area contributed by atoms with Crippen molar-refractivity contribution in [3.05, 3.63) is 48.7 Å². The zero-order chi connectivity index (χ0) is 17.7. The molecule has 4 rings (SSSR count). The molecule has 0 radical (unpaired) electrons. The van der Waals surface area contributed by atoms with Gasteiger partial charge in [-0.3, -0.25) is 14.9 Å². The Bertz CT molecular complexity index is 687. The van der Waals surface area contributed by atoms with Crippen molar-refractivity contribution in [2.45, 2.75) is 18.6 Å². The van der Waals surface area contributed by atoms with Gasteiger partial charge in [0.05, 0.1) is 31.7 Å². The lowest BCUT2D eigenvalue weighted by atomic mass is 9.94. The van der Waals surface area contributed by atoms with Crippen LogP contribution in [0.2, 0.25) is 0 Å². The summed E-state index contributed by atoms with van der Waals surface area (Å²) in [6.07, 6.45) is 7.95. The molecule has 2 saturated heterocycles. The molecule has 0 unspecified atom stereocenters. The van der Waals surface area contributed by atoms with E-state index >= 15 is 0 Å². The van der Waals surface area contributed by atoms with Gasteiger partial charge in [0.1, 0.15) is 11.4 Å². The van der Waals surface area contributed by atoms with E-state index in [0.29, 0.717) is 12.5 Å². The van der Waals surface area contributed by atoms with Crippen molar-refractivity contribution in [2.24, 2.45) is 5.92 Å². The van der Waals surface area contributed by atoms with Crippen LogP contribution in [0.3, 0.4) is 0 Å². The largest absolute Gasteiger partial charge is 0.377 e. The minimum atomic E-state index is -0.222. The van der Waals surface area contributed by atoms with Crippen LogP contribution in [0.1, 0.15) is 12.1 Å². The van der Waals surface area contributed by atoms with Gasteiger partial charge in [-0.05, 0) is 18.6 Å². The molecule has 2 aliphatic rings. The van der Waals surface area contributed by atoms with Crippen molar-refractivity contribution < 1.29 is 9.47 Å². The number of nitrogens with zero attached hydrogens (tertiary/aromatic N) is 4. The molecule has 1 N–H and O–H groups in total. The fourth-order valence-corrected chi connectivity index (χ4v) is 3.76. The highest BCUT2D eigenvalue weighted by Crippen LogP contribution is 2.33. The number of anilines is 1. The van der Waals surface area contributed by atoms with Gasteiger partial charge in [0.15, 0.2) is 0 Å². The van der Waals surface area contributed by atoms with Crippen molar-refractivity contribution >= 4 is 5.82 Å². The molecule has 138 valence electrons. The Morgan fingerprint density at radius 2 is 2.23 bits per heavy atom. The Morgan fingerprint density at radius 1 is 1.23 bits per heavy atom. The molecule has 2 atom stereocenters. The Labute approximate surface area is 153 Å². The van der Waals surface area contributed by atoms with Gasteiger partial charge in [0.2, 0.25) is 0 Å². The first-order valence-corrected chi connectivity index (χ1v) is 9.15. The summed E-state index contributed by atoms with van der Waals surface area (Å²) >= 11 is 0. The van der Waals surface area contributed by atoms with Crippen molar-refractivity contribution in [3.8, 4) is 0 Å². The van der Waals surface area contributed by atoms with Gasteiger partial charge in [-0.2, -0.15) is 0 Å². The minimum absolute atomic E-state index is 0.222. The quantitative estimate of drug-likeness (QED) is 0.873. The van der Waals surface area contributed by atoms with E-state index in [2.05, 4.69) is 31.2 Å². The van der Waals surface area contributed by atoms with E-state index in [1.807, 2.05) is 18.3 Å². The summed E-state index contributed by atoms with van der Waals surface area (Å²) in [6.45, 7) is 5.59. The van der Waals surface area contributed by atoms with Crippen LogP contribution in [-0.4, -0.2) is 64.9 Å². The fraction of sp³-hybridized carbons (Fsp3) is 0.526. The van der Waals surface area contributed by atoms with Gasteiger partial charge in [-0.1, -0.05) is 6.07 Å². The molecule has 0 amide bonds. The summed E-state index contributed by atoms with van der Waals surface area (Å²) in [6, 6.07) is 6.06. The van der Waals surface area contributed by atoms with E-state index < -0.39 is 0 Å². The van der Waals surface area contributed by atoms with Crippen molar-refractivity contribution in [1.82, 2.24) is 19.9 Å². The average molecular weight is 355 g/mol. The maximum Gasteiger partial charge on any atom is 0.144 e. The molecule has 2 fully saturated rings. The third-order valence-corrected chi connectivity index (χ3v) is 4.96. The van der Waals surface area contributed by atoms with E-state index in [4.69, 9.17) is 9.47 Å². The Morgan fingerprint density at radius 3 is 3.08 bits per heavy atom. The lowest BCUT2D eigenvalue weighted by Crippen LogP contribution is -2.44. The molecule has 7 nitrogen and oxygen atoms in total. The van der Waals surface area contributed by atoms with E-state index in [9.17, 15) is 0 Å². The number of hydrogen-bond acceptors (Lipinski definition) is 7. The molecule has 0 aromatic carbocycles. The van der Waals surface area contributed by atoms with Crippen LogP contribution >= 0.6 is 0 Å². The topological polar surface area (TPSA) is 72.4 Å². The first-order valence-electron chi connectivity index (χ1n) is 9.15. The number of nitrogens with one attached hydrogen (secondary N) is 1. The average Bonchev–Trinajstić information content (AvgIpc) is 2.97. The smallest absolute Gasteiger partial charge is 0.144 e. The number of hydrogen-bond donors (Lipinski definition) is 1. The van der Waals surface area contributed by atoms with Crippen molar-refractivity contribution in [3.63, 3.8) is 0 Å². The van der Waals surface area contributed by atoms with Gasteiger partial charge in [0, 0.05) is 50.7 Å². The predicted octanol–water partition coefficient (Wildman–Crippen LogP) is 1.59. The second-order valence-electron chi connectivity index (χ2n) is 7.12. The van der Waals surface area contributed by atoms with Crippen LogP contribution in [-0.2, 0) is 16.0 Å².